The van der Waals surface area contributed by atoms with E-state index in [1.165, 1.54) is 0 Å². The van der Waals surface area contributed by atoms with Crippen molar-refractivity contribution in [3.8, 4) is 0 Å². The van der Waals surface area contributed by atoms with E-state index in [4.69, 9.17) is 5.84 Å². The van der Waals surface area contributed by atoms with E-state index in [0.717, 1.165) is 17.0 Å². The van der Waals surface area contributed by atoms with Crippen LogP contribution in [0.3, 0.4) is 0 Å². The van der Waals surface area contributed by atoms with Gasteiger partial charge in [0.15, 0.2) is 0 Å². The van der Waals surface area contributed by atoms with Gasteiger partial charge in [0, 0.05) is 18.1 Å². The van der Waals surface area contributed by atoms with Gasteiger partial charge in [0.05, 0.1) is 6.54 Å². The summed E-state index contributed by atoms with van der Waals surface area (Å²) in [6, 6.07) is 0. The van der Waals surface area contributed by atoms with Crippen LogP contribution >= 0.6 is 11.3 Å². The van der Waals surface area contributed by atoms with Crippen molar-refractivity contribution in [2.24, 2.45) is 10.8 Å². The summed E-state index contributed by atoms with van der Waals surface area (Å²) in [5, 5.41) is 4.65. The first-order valence-electron chi connectivity index (χ1n) is 3.60. The third-order valence-corrected chi connectivity index (χ3v) is 2.10. The van der Waals surface area contributed by atoms with Gasteiger partial charge >= 0.3 is 4.87 Å². The molecule has 1 aromatic rings. The second-order valence-corrected chi connectivity index (χ2v) is 3.09. The first kappa shape index (κ1) is 9.75. The molecule has 0 atom stereocenters. The van der Waals surface area contributed by atoms with E-state index >= 15 is 0 Å². The third kappa shape index (κ3) is 2.88. The molecule has 0 unspecified atom stereocenters. The molecule has 0 bridgehead atoms. The lowest BCUT2D eigenvalue weighted by atomic mass is 10.5. The molecular formula is C6H11N5OS. The minimum atomic E-state index is -0.0625. The van der Waals surface area contributed by atoms with Crippen LogP contribution in [0.15, 0.2) is 15.2 Å². The molecule has 72 valence electrons. The summed E-state index contributed by atoms with van der Waals surface area (Å²) in [6.07, 6.45) is 0. The number of guanidine groups is 1. The monoisotopic (exact) mass is 201 g/mol. The summed E-state index contributed by atoms with van der Waals surface area (Å²) < 4.78 is 0. The van der Waals surface area contributed by atoms with Crippen LogP contribution in [0, 0.1) is 0 Å². The topological polar surface area (TPSA) is 95.3 Å². The molecule has 0 aliphatic carbocycles. The molecule has 0 saturated heterocycles. The molecule has 1 aromatic heterocycles. The number of aromatic amines is 1. The maximum atomic E-state index is 10.7. The van der Waals surface area contributed by atoms with Gasteiger partial charge in [0.25, 0.3) is 0 Å². The molecular weight excluding hydrogens is 190 g/mol. The highest BCUT2D eigenvalue weighted by Crippen LogP contribution is 1.93. The van der Waals surface area contributed by atoms with Gasteiger partial charge in [-0.1, -0.05) is 11.3 Å². The van der Waals surface area contributed by atoms with Crippen LogP contribution in [-0.4, -0.2) is 18.0 Å². The molecule has 0 aromatic carbocycles. The number of H-pyrrole nitrogens is 1. The number of hydrogen-bond acceptors (Lipinski definition) is 4. The summed E-state index contributed by atoms with van der Waals surface area (Å²) in [6.45, 7) is 0.496. The van der Waals surface area contributed by atoms with Crippen molar-refractivity contribution in [2.75, 3.05) is 7.05 Å². The molecule has 6 nitrogen and oxygen atoms in total. The highest BCUT2D eigenvalue weighted by atomic mass is 32.1. The van der Waals surface area contributed by atoms with E-state index in [9.17, 15) is 4.79 Å². The van der Waals surface area contributed by atoms with E-state index in [0.29, 0.717) is 12.5 Å². The summed E-state index contributed by atoms with van der Waals surface area (Å²) >= 11 is 1.13. The van der Waals surface area contributed by atoms with E-state index in [2.05, 4.69) is 20.7 Å². The van der Waals surface area contributed by atoms with Crippen LogP contribution < -0.4 is 21.5 Å². The number of thiazole rings is 1. The Balaban J connectivity index is 2.47. The van der Waals surface area contributed by atoms with Crippen molar-refractivity contribution in [1.82, 2.24) is 15.7 Å². The minimum absolute atomic E-state index is 0.0625. The number of nitrogens with zero attached hydrogens (tertiary/aromatic N) is 1. The smallest absolute Gasteiger partial charge is 0.304 e. The van der Waals surface area contributed by atoms with Gasteiger partial charge in [-0.3, -0.25) is 15.2 Å². The van der Waals surface area contributed by atoms with Gasteiger partial charge in [0.1, 0.15) is 0 Å². The van der Waals surface area contributed by atoms with E-state index < -0.39 is 0 Å². The van der Waals surface area contributed by atoms with Crippen LogP contribution in [0.25, 0.3) is 0 Å². The third-order valence-electron chi connectivity index (χ3n) is 1.38. The summed E-state index contributed by atoms with van der Waals surface area (Å²) in [5.41, 5.74) is 3.19. The Morgan fingerprint density at radius 1 is 1.85 bits per heavy atom. The van der Waals surface area contributed by atoms with Gasteiger partial charge in [-0.25, -0.2) is 5.84 Å². The first-order chi connectivity index (χ1) is 6.26. The quantitative estimate of drug-likeness (QED) is 0.213. The average molecular weight is 201 g/mol. The Bertz CT molecular complexity index is 341. The minimum Gasteiger partial charge on any atom is -0.350 e. The highest BCUT2D eigenvalue weighted by molar-refractivity contribution is 7.07. The van der Waals surface area contributed by atoms with Crippen molar-refractivity contribution in [1.29, 1.82) is 0 Å². The van der Waals surface area contributed by atoms with Gasteiger partial charge in [-0.2, -0.15) is 0 Å². The maximum Gasteiger partial charge on any atom is 0.304 e. The lowest BCUT2D eigenvalue weighted by Gasteiger charge is -2.05. The lowest BCUT2D eigenvalue weighted by Crippen LogP contribution is -2.41. The average Bonchev–Trinajstić information content (AvgIpc) is 2.53. The zero-order valence-electron chi connectivity index (χ0n) is 7.13. The Labute approximate surface area is 78.9 Å². The largest absolute Gasteiger partial charge is 0.350 e. The molecule has 5 N–H and O–H groups in total. The fourth-order valence-corrected chi connectivity index (χ4v) is 1.36. The Kier molecular flexibility index (Phi) is 3.47. The highest BCUT2D eigenvalue weighted by Gasteiger charge is 1.97. The van der Waals surface area contributed by atoms with E-state index in [1.54, 1.807) is 12.4 Å². The van der Waals surface area contributed by atoms with Gasteiger partial charge in [-0.15, -0.1) is 0 Å². The molecule has 13 heavy (non-hydrogen) atoms. The molecule has 1 heterocycles. The molecule has 0 aliphatic heterocycles. The number of aromatic nitrogens is 1. The van der Waals surface area contributed by atoms with Gasteiger partial charge in [0.2, 0.25) is 5.96 Å². The van der Waals surface area contributed by atoms with Crippen molar-refractivity contribution < 1.29 is 0 Å². The van der Waals surface area contributed by atoms with Gasteiger partial charge < -0.3 is 10.3 Å². The van der Waals surface area contributed by atoms with Crippen LogP contribution in [-0.2, 0) is 6.54 Å². The Morgan fingerprint density at radius 2 is 2.62 bits per heavy atom. The summed E-state index contributed by atoms with van der Waals surface area (Å²) in [4.78, 5) is 17.1. The molecule has 0 fully saturated rings. The summed E-state index contributed by atoms with van der Waals surface area (Å²) in [5.74, 6) is 5.62. The van der Waals surface area contributed by atoms with Crippen molar-refractivity contribution in [3.63, 3.8) is 0 Å². The van der Waals surface area contributed by atoms with Crippen LogP contribution in [0.5, 0.6) is 0 Å². The van der Waals surface area contributed by atoms with E-state index in [1.807, 2.05) is 0 Å². The number of nitrogens with two attached hydrogens (primary N) is 1. The number of rotatable bonds is 2. The summed E-state index contributed by atoms with van der Waals surface area (Å²) in [7, 11) is 1.61. The normalized spacial score (nSPS) is 11.4. The Hall–Kier alpha value is -1.34. The molecule has 7 heteroatoms. The predicted octanol–water partition coefficient (Wildman–Crippen LogP) is -1.02. The SMILES string of the molecule is CN=C(NN)NCc1csc(=O)[nH]1. The molecule has 0 amide bonds. The number of hydrazine groups is 1. The van der Waals surface area contributed by atoms with Crippen molar-refractivity contribution in [3.05, 3.63) is 20.7 Å². The predicted molar refractivity (Wildman–Crippen MR) is 52.5 cm³/mol. The lowest BCUT2D eigenvalue weighted by molar-refractivity contribution is 0.821. The van der Waals surface area contributed by atoms with Gasteiger partial charge in [-0.05, 0) is 0 Å². The molecule has 0 saturated carbocycles. The first-order valence-corrected chi connectivity index (χ1v) is 4.48. The number of nitrogens with one attached hydrogen (secondary N) is 3. The van der Waals surface area contributed by atoms with Crippen LogP contribution in [0.2, 0.25) is 0 Å². The fourth-order valence-electron chi connectivity index (χ4n) is 0.774. The molecule has 1 rings (SSSR count). The second-order valence-electron chi connectivity index (χ2n) is 2.24. The fraction of sp³-hybridized carbons (Fsp3) is 0.333. The zero-order chi connectivity index (χ0) is 9.68. The second kappa shape index (κ2) is 4.63. The molecule has 0 spiro atoms. The van der Waals surface area contributed by atoms with E-state index in [-0.39, 0.29) is 4.87 Å². The Morgan fingerprint density at radius 3 is 3.08 bits per heavy atom. The standard InChI is InChI=1S/C6H11N5OS/c1-8-5(11-7)9-2-4-3-13-6(12)10-4/h3H,2,7H2,1H3,(H,10,12)(H2,8,9,11). The van der Waals surface area contributed by atoms with Crippen LogP contribution in [0.1, 0.15) is 5.69 Å². The maximum absolute atomic E-state index is 10.7. The van der Waals surface area contributed by atoms with Crippen molar-refractivity contribution in [2.45, 2.75) is 6.54 Å². The molecule has 0 aliphatic rings. The van der Waals surface area contributed by atoms with Crippen LogP contribution in [0.4, 0.5) is 0 Å². The number of aliphatic imine (C=N–C) groups is 1. The van der Waals surface area contributed by atoms with Crippen molar-refractivity contribution >= 4 is 17.3 Å². The molecule has 0 radical (unpaired) electrons. The zero-order valence-corrected chi connectivity index (χ0v) is 7.94. The number of hydrogen-bond donors (Lipinski definition) is 4.